The number of rotatable bonds is 10. The maximum atomic E-state index is 14.2. The second-order valence-electron chi connectivity index (χ2n) is 12.0. The van der Waals surface area contributed by atoms with Crippen molar-refractivity contribution in [1.29, 1.82) is 0 Å². The van der Waals surface area contributed by atoms with Crippen LogP contribution >= 0.6 is 0 Å². The molecule has 2 heterocycles. The van der Waals surface area contributed by atoms with Gasteiger partial charge in [0.15, 0.2) is 0 Å². The average Bonchev–Trinajstić information content (AvgIpc) is 3.26. The number of carbonyl (C=O) groups excluding carboxylic acids is 1. The molecule has 1 saturated heterocycles. The Hall–Kier alpha value is -3.50. The Bertz CT molecular complexity index is 1770. The van der Waals surface area contributed by atoms with Crippen molar-refractivity contribution in [2.24, 2.45) is 0 Å². The van der Waals surface area contributed by atoms with Gasteiger partial charge in [-0.1, -0.05) is 51.1 Å². The molecule has 0 amide bonds. The van der Waals surface area contributed by atoms with Crippen LogP contribution in [0.1, 0.15) is 43.0 Å². The lowest BCUT2D eigenvalue weighted by Crippen LogP contribution is -2.57. The number of carbonyl (C=O) groups is 2. The molecule has 45 heavy (non-hydrogen) atoms. The molecule has 246 valence electrons. The van der Waals surface area contributed by atoms with E-state index < -0.39 is 50.1 Å². The Morgan fingerprint density at radius 3 is 2.11 bits per heavy atom. The van der Waals surface area contributed by atoms with E-state index in [1.54, 1.807) is 41.3 Å². The molecule has 2 N–H and O–H groups in total. The predicted molar refractivity (Wildman–Crippen MR) is 169 cm³/mol. The van der Waals surface area contributed by atoms with Gasteiger partial charge in [0.05, 0.1) is 18.9 Å². The van der Waals surface area contributed by atoms with Gasteiger partial charge in [-0.3, -0.25) is 9.69 Å². The van der Waals surface area contributed by atoms with E-state index in [1.807, 2.05) is 32.9 Å². The van der Waals surface area contributed by atoms with Gasteiger partial charge >= 0.3 is 12.1 Å². The van der Waals surface area contributed by atoms with Gasteiger partial charge in [-0.25, -0.2) is 30.9 Å². The molecule has 2 atom stereocenters. The zero-order valence-electron chi connectivity index (χ0n) is 26.2. The third-order valence-corrected chi connectivity index (χ3v) is 10.7. The number of fused-ring (bicyclic) bond motifs is 1. The molecule has 1 aromatic heterocycles. The molecule has 0 aliphatic carbocycles. The summed E-state index contributed by atoms with van der Waals surface area (Å²) in [4.78, 5) is 26.7. The zero-order valence-corrected chi connectivity index (χ0v) is 27.8. The van der Waals surface area contributed by atoms with Crippen LogP contribution in [0.15, 0.2) is 48.5 Å². The van der Waals surface area contributed by atoms with E-state index in [2.05, 4.69) is 4.72 Å². The van der Waals surface area contributed by atoms with Gasteiger partial charge < -0.3 is 14.6 Å². The van der Waals surface area contributed by atoms with E-state index in [0.29, 0.717) is 10.9 Å². The Morgan fingerprint density at radius 2 is 1.58 bits per heavy atom. The monoisotopic (exact) mass is 664 g/mol. The minimum atomic E-state index is -4.47. The Balaban J connectivity index is 1.72. The van der Waals surface area contributed by atoms with Crippen LogP contribution in [0.25, 0.3) is 10.9 Å². The number of nitrogens with zero attached hydrogens (tertiary/aromatic N) is 3. The summed E-state index contributed by atoms with van der Waals surface area (Å²) in [5.41, 5.74) is -0.275. The van der Waals surface area contributed by atoms with Gasteiger partial charge in [0.2, 0.25) is 15.5 Å². The van der Waals surface area contributed by atoms with Gasteiger partial charge in [-0.05, 0) is 36.1 Å². The van der Waals surface area contributed by atoms with Crippen molar-refractivity contribution in [3.63, 3.8) is 0 Å². The van der Waals surface area contributed by atoms with Crippen molar-refractivity contribution < 1.29 is 41.0 Å². The van der Waals surface area contributed by atoms with Crippen molar-refractivity contribution in [1.82, 2.24) is 18.5 Å². The molecule has 3 aromatic rings. The van der Waals surface area contributed by atoms with Crippen LogP contribution in [0.5, 0.6) is 5.75 Å². The minimum absolute atomic E-state index is 0.128. The van der Waals surface area contributed by atoms with E-state index in [-0.39, 0.29) is 48.6 Å². The number of benzene rings is 2. The minimum Gasteiger partial charge on any atom is -0.468 e. The average molecular weight is 665 g/mol. The molecule has 1 aliphatic rings. The molecule has 0 bridgehead atoms. The lowest BCUT2D eigenvalue weighted by atomic mass is 9.87. The molecule has 0 radical (unpaired) electrons. The molecule has 1 aliphatic heterocycles. The number of sulfonamides is 2. The van der Waals surface area contributed by atoms with E-state index in [9.17, 15) is 31.5 Å². The fraction of sp³-hybridized carbons (Fsp3) is 0.467. The maximum absolute atomic E-state index is 14.2. The van der Waals surface area contributed by atoms with Crippen LogP contribution < -0.4 is 9.46 Å². The first-order valence-corrected chi connectivity index (χ1v) is 17.7. The zero-order chi connectivity index (χ0) is 33.3. The number of hydrogen-bond acceptors (Lipinski definition) is 9. The van der Waals surface area contributed by atoms with E-state index in [4.69, 9.17) is 9.47 Å². The smallest absolute Gasteiger partial charge is 0.416 e. The second kappa shape index (κ2) is 13.1. The molecule has 4 rings (SSSR count). The van der Waals surface area contributed by atoms with Gasteiger partial charge in [-0.2, -0.15) is 4.31 Å². The summed E-state index contributed by atoms with van der Waals surface area (Å²) in [5.74, 6) is -0.453. The molecular formula is C30H40N4O9S2. The second-order valence-corrected chi connectivity index (χ2v) is 15.8. The number of ether oxygens (including phenoxy) is 2. The quantitative estimate of drug-likeness (QED) is 0.308. The Morgan fingerprint density at radius 1 is 0.978 bits per heavy atom. The largest absolute Gasteiger partial charge is 0.468 e. The van der Waals surface area contributed by atoms with Crippen LogP contribution in [0.3, 0.4) is 0 Å². The summed E-state index contributed by atoms with van der Waals surface area (Å²) in [7, 11) is -6.71. The molecular weight excluding hydrogens is 624 g/mol. The summed E-state index contributed by atoms with van der Waals surface area (Å²) in [6, 6.07) is 12.5. The van der Waals surface area contributed by atoms with Crippen molar-refractivity contribution in [2.75, 3.05) is 46.1 Å². The van der Waals surface area contributed by atoms with E-state index in [0.717, 1.165) is 16.4 Å². The first-order valence-electron chi connectivity index (χ1n) is 14.3. The van der Waals surface area contributed by atoms with Gasteiger partial charge in [0.1, 0.15) is 11.8 Å². The lowest BCUT2D eigenvalue weighted by Gasteiger charge is -2.37. The summed E-state index contributed by atoms with van der Waals surface area (Å²) < 4.78 is 68.2. The van der Waals surface area contributed by atoms with E-state index >= 15 is 0 Å². The molecule has 2 aromatic carbocycles. The highest BCUT2D eigenvalue weighted by molar-refractivity contribution is 7.89. The van der Waals surface area contributed by atoms with Crippen LogP contribution in [-0.2, 0) is 35.0 Å². The first-order chi connectivity index (χ1) is 21.0. The van der Waals surface area contributed by atoms with Gasteiger partial charge in [0, 0.05) is 49.4 Å². The summed E-state index contributed by atoms with van der Waals surface area (Å²) in [6.45, 7) is 7.87. The number of esters is 1. The fourth-order valence-electron chi connectivity index (χ4n) is 5.49. The van der Waals surface area contributed by atoms with Crippen molar-refractivity contribution in [2.45, 2.75) is 44.6 Å². The first kappa shape index (κ1) is 34.4. The van der Waals surface area contributed by atoms with E-state index in [1.165, 1.54) is 18.3 Å². The number of carboxylic acid groups (broad SMARTS) is 1. The molecule has 15 heteroatoms. The number of methoxy groups -OCH3 is 1. The van der Waals surface area contributed by atoms with Crippen LogP contribution in [0.4, 0.5) is 4.79 Å². The molecule has 1 fully saturated rings. The summed E-state index contributed by atoms with van der Waals surface area (Å²) in [5, 5.41) is 10.4. The normalized spacial score (nSPS) is 16.8. The maximum Gasteiger partial charge on any atom is 0.416 e. The Labute approximate surface area is 263 Å². The predicted octanol–water partition coefficient (Wildman–Crippen LogP) is 2.89. The fourth-order valence-corrected chi connectivity index (χ4v) is 7.70. The molecule has 1 unspecified atom stereocenters. The number of piperazine rings is 1. The number of hydrogen-bond donors (Lipinski definition) is 2. The number of aromatic nitrogens is 1. The third kappa shape index (κ3) is 7.49. The van der Waals surface area contributed by atoms with Crippen LogP contribution in [0.2, 0.25) is 0 Å². The highest BCUT2D eigenvalue weighted by atomic mass is 32.2. The lowest BCUT2D eigenvalue weighted by molar-refractivity contribution is -0.147. The number of nitrogens with one attached hydrogen (secondary N) is 1. The van der Waals surface area contributed by atoms with Crippen molar-refractivity contribution in [3.8, 4) is 5.75 Å². The third-order valence-electron chi connectivity index (χ3n) is 7.97. The summed E-state index contributed by atoms with van der Waals surface area (Å²) >= 11 is 0. The molecule has 0 spiro atoms. The van der Waals surface area contributed by atoms with Crippen molar-refractivity contribution >= 4 is 43.0 Å². The Kier molecular flexibility index (Phi) is 9.99. The highest BCUT2D eigenvalue weighted by Crippen LogP contribution is 2.37. The highest BCUT2D eigenvalue weighted by Gasteiger charge is 2.38. The van der Waals surface area contributed by atoms with Crippen LogP contribution in [-0.4, -0.2) is 99.9 Å². The summed E-state index contributed by atoms with van der Waals surface area (Å²) in [6.07, 6.45) is -0.179. The van der Waals surface area contributed by atoms with Gasteiger partial charge in [0.25, 0.3) is 10.0 Å². The SMILES string of the molecule is COC(=O)[C@H](CNS(=O)(=O)C(Oc1ccc(C(C)(C)C)cc1)c1c(C)n(C(=O)O)c2ccccc12)N1CCN(S(C)(=O)=O)CC1. The van der Waals surface area contributed by atoms with Gasteiger partial charge in [-0.15, -0.1) is 0 Å². The topological polar surface area (TPSA) is 165 Å². The molecule has 13 nitrogen and oxygen atoms in total. The number of para-hydroxylation sites is 1. The standard InChI is InChI=1S/C30H40N4O9S2/c1-20-26(23-9-7-8-10-24(23)34(20)29(36)37)28(43-22-13-11-21(12-14-22)30(2,3)4)45(40,41)31-19-25(27(35)42-5)32-15-17-33(18-16-32)44(6,38)39/h7-14,25,28,31H,15-19H2,1-6H3,(H,36,37)/t25-,28?/m0/s1. The van der Waals surface area contributed by atoms with Crippen LogP contribution in [0, 0.1) is 6.92 Å². The van der Waals surface area contributed by atoms with Crippen molar-refractivity contribution in [3.05, 3.63) is 65.4 Å². The molecule has 0 saturated carbocycles.